The van der Waals surface area contributed by atoms with Crippen molar-refractivity contribution in [2.24, 2.45) is 5.41 Å². The summed E-state index contributed by atoms with van der Waals surface area (Å²) in [5.41, 5.74) is -7.18. The lowest BCUT2D eigenvalue weighted by Gasteiger charge is -2.35. The fraction of sp³-hybridized carbons (Fsp3) is 0.370. The molecule has 4 rings (SSSR count). The Balaban J connectivity index is 1.79. The van der Waals surface area contributed by atoms with E-state index in [2.05, 4.69) is 0 Å². The Labute approximate surface area is 212 Å². The maximum atomic E-state index is 15.4. The number of benzene rings is 2. The highest BCUT2D eigenvalue weighted by Crippen LogP contribution is 2.60. The number of alkyl halides is 4. The average molecular weight is 546 g/mol. The van der Waals surface area contributed by atoms with Crippen molar-refractivity contribution >= 4 is 5.97 Å². The van der Waals surface area contributed by atoms with Gasteiger partial charge < -0.3 is 9.47 Å². The first-order valence-corrected chi connectivity index (χ1v) is 11.8. The fourth-order valence-electron chi connectivity index (χ4n) is 4.59. The zero-order valence-corrected chi connectivity index (χ0v) is 20.5. The summed E-state index contributed by atoms with van der Waals surface area (Å²) < 4.78 is 130. The molecule has 3 nitrogen and oxygen atoms in total. The van der Waals surface area contributed by atoms with Crippen molar-refractivity contribution in [1.82, 2.24) is 0 Å². The molecule has 0 saturated heterocycles. The molecule has 0 aromatic heterocycles. The van der Waals surface area contributed by atoms with Gasteiger partial charge >= 0.3 is 17.8 Å². The van der Waals surface area contributed by atoms with E-state index in [9.17, 15) is 18.0 Å². The second kappa shape index (κ2) is 9.43. The topological polar surface area (TPSA) is 35.5 Å². The van der Waals surface area contributed by atoms with E-state index in [-0.39, 0.29) is 25.0 Å². The van der Waals surface area contributed by atoms with Gasteiger partial charge in [0.15, 0.2) is 34.8 Å². The smallest absolute Gasteiger partial charge is 0.343 e. The molecule has 2 aliphatic carbocycles. The third-order valence-corrected chi connectivity index (χ3v) is 6.71. The molecule has 0 radical (unpaired) electrons. The molecule has 0 fully saturated rings. The maximum Gasteiger partial charge on any atom is 0.343 e. The van der Waals surface area contributed by atoms with Crippen LogP contribution in [0.2, 0.25) is 0 Å². The van der Waals surface area contributed by atoms with Crippen molar-refractivity contribution < 1.29 is 49.4 Å². The van der Waals surface area contributed by atoms with Crippen LogP contribution in [0.15, 0.2) is 47.6 Å². The molecule has 11 heteroatoms. The molecular weight excluding hydrogens is 524 g/mol. The van der Waals surface area contributed by atoms with E-state index in [0.29, 0.717) is 12.5 Å². The lowest BCUT2D eigenvalue weighted by Crippen LogP contribution is -2.41. The zero-order chi connectivity index (χ0) is 28.2. The number of halogens is 8. The van der Waals surface area contributed by atoms with Gasteiger partial charge in [0.1, 0.15) is 5.41 Å². The van der Waals surface area contributed by atoms with E-state index in [0.717, 1.165) is 25.1 Å². The van der Waals surface area contributed by atoms with Gasteiger partial charge in [-0.25, -0.2) is 17.6 Å². The van der Waals surface area contributed by atoms with Crippen molar-refractivity contribution in [2.45, 2.75) is 51.9 Å². The summed E-state index contributed by atoms with van der Waals surface area (Å²) in [6.07, 6.45) is 1.60. The summed E-state index contributed by atoms with van der Waals surface area (Å²) in [5.74, 6) is -20.4. The molecule has 1 unspecified atom stereocenters. The molecule has 0 aliphatic heterocycles. The average Bonchev–Trinajstić information content (AvgIpc) is 2.85. The largest absolute Gasteiger partial charge is 0.491 e. The number of rotatable bonds is 6. The standard InChI is InChI=1S/C27H22F8O3/c1-4-6-13-11-12-25(3,23(31)20(13)28)24(36)38-17-10-8-15-14-7-9-16(37-5-2)21(29)18(14)26(32,33)27(34,35)19(15)22(17)30/h7-11H,4-6,12H2,1-3H3. The summed E-state index contributed by atoms with van der Waals surface area (Å²) in [4.78, 5) is 12.8. The van der Waals surface area contributed by atoms with E-state index in [1.807, 2.05) is 0 Å². The normalized spacial score (nSPS) is 21.4. The quantitative estimate of drug-likeness (QED) is 0.207. The number of hydrogen-bond donors (Lipinski definition) is 0. The van der Waals surface area contributed by atoms with Crippen molar-refractivity contribution in [3.05, 3.63) is 70.3 Å². The van der Waals surface area contributed by atoms with Gasteiger partial charge in [-0.05, 0) is 67.7 Å². The fourth-order valence-corrected chi connectivity index (χ4v) is 4.59. The van der Waals surface area contributed by atoms with Crippen LogP contribution < -0.4 is 9.47 Å². The monoisotopic (exact) mass is 546 g/mol. The Hall–Kier alpha value is -3.37. The van der Waals surface area contributed by atoms with Gasteiger partial charge in [-0.1, -0.05) is 19.4 Å². The molecule has 2 aliphatic rings. The number of allylic oxidation sites excluding steroid dienone is 3. The van der Waals surface area contributed by atoms with Crippen LogP contribution >= 0.6 is 0 Å². The number of carbonyl (C=O) groups excluding carboxylic acids is 1. The molecule has 204 valence electrons. The molecule has 0 bridgehead atoms. The first-order valence-electron chi connectivity index (χ1n) is 11.8. The predicted octanol–water partition coefficient (Wildman–Crippen LogP) is 8.42. The van der Waals surface area contributed by atoms with Crippen LogP contribution in [0.5, 0.6) is 11.5 Å². The minimum Gasteiger partial charge on any atom is -0.491 e. The third-order valence-electron chi connectivity index (χ3n) is 6.71. The van der Waals surface area contributed by atoms with Gasteiger partial charge in [0.2, 0.25) is 0 Å². The van der Waals surface area contributed by atoms with Gasteiger partial charge in [-0.3, -0.25) is 4.79 Å². The van der Waals surface area contributed by atoms with Gasteiger partial charge in [0.05, 0.1) is 17.7 Å². The molecule has 1 atom stereocenters. The summed E-state index contributed by atoms with van der Waals surface area (Å²) >= 11 is 0. The van der Waals surface area contributed by atoms with Gasteiger partial charge in [-0.15, -0.1) is 0 Å². The number of fused-ring (bicyclic) bond motifs is 3. The van der Waals surface area contributed by atoms with Crippen LogP contribution in [-0.2, 0) is 16.6 Å². The Bertz CT molecular complexity index is 1380. The second-order valence-corrected chi connectivity index (χ2v) is 9.22. The Morgan fingerprint density at radius 1 is 0.868 bits per heavy atom. The lowest BCUT2D eigenvalue weighted by molar-refractivity contribution is -0.228. The predicted molar refractivity (Wildman–Crippen MR) is 121 cm³/mol. The van der Waals surface area contributed by atoms with Crippen molar-refractivity contribution in [3.8, 4) is 22.6 Å². The molecule has 2 aromatic rings. The first-order chi connectivity index (χ1) is 17.7. The Kier molecular flexibility index (Phi) is 6.86. The minimum absolute atomic E-state index is 0.0375. The van der Waals surface area contributed by atoms with E-state index in [1.165, 1.54) is 13.0 Å². The molecule has 0 N–H and O–H groups in total. The zero-order valence-electron chi connectivity index (χ0n) is 20.5. The van der Waals surface area contributed by atoms with Crippen LogP contribution in [0, 0.1) is 17.0 Å². The van der Waals surface area contributed by atoms with E-state index in [4.69, 9.17) is 9.47 Å². The van der Waals surface area contributed by atoms with E-state index in [1.54, 1.807) is 6.92 Å². The summed E-state index contributed by atoms with van der Waals surface area (Å²) in [6.45, 7) is 4.02. The molecular formula is C27H22F8O3. The van der Waals surface area contributed by atoms with Crippen molar-refractivity contribution in [1.29, 1.82) is 0 Å². The minimum atomic E-state index is -5.28. The van der Waals surface area contributed by atoms with Crippen LogP contribution in [0.3, 0.4) is 0 Å². The van der Waals surface area contributed by atoms with Gasteiger partial charge in [-0.2, -0.15) is 17.6 Å². The number of carbonyl (C=O) groups is 1. The molecule has 38 heavy (non-hydrogen) atoms. The number of esters is 1. The van der Waals surface area contributed by atoms with E-state index >= 15 is 22.0 Å². The number of ether oxygens (including phenoxy) is 2. The van der Waals surface area contributed by atoms with Gasteiger partial charge in [0.25, 0.3) is 0 Å². The summed E-state index contributed by atoms with van der Waals surface area (Å²) in [5, 5.41) is 0. The molecule has 0 saturated carbocycles. The van der Waals surface area contributed by atoms with Crippen molar-refractivity contribution in [2.75, 3.05) is 6.61 Å². The summed E-state index contributed by atoms with van der Waals surface area (Å²) in [6, 6.07) is 3.30. The highest BCUT2D eigenvalue weighted by molar-refractivity contribution is 5.84. The molecule has 0 heterocycles. The van der Waals surface area contributed by atoms with Crippen LogP contribution in [0.25, 0.3) is 11.1 Å². The second-order valence-electron chi connectivity index (χ2n) is 9.22. The van der Waals surface area contributed by atoms with Crippen LogP contribution in [0.4, 0.5) is 35.1 Å². The third kappa shape index (κ3) is 3.89. The maximum absolute atomic E-state index is 15.4. The Morgan fingerprint density at radius 3 is 1.92 bits per heavy atom. The highest BCUT2D eigenvalue weighted by atomic mass is 19.3. The van der Waals surface area contributed by atoms with E-state index < -0.39 is 80.3 Å². The first kappa shape index (κ1) is 27.7. The van der Waals surface area contributed by atoms with Crippen LogP contribution in [-0.4, -0.2) is 12.6 Å². The van der Waals surface area contributed by atoms with Crippen LogP contribution in [0.1, 0.15) is 51.2 Å². The lowest BCUT2D eigenvalue weighted by atomic mass is 9.79. The summed E-state index contributed by atoms with van der Waals surface area (Å²) in [7, 11) is 0. The number of hydrogen-bond acceptors (Lipinski definition) is 3. The molecule has 2 aromatic carbocycles. The molecule has 0 amide bonds. The highest BCUT2D eigenvalue weighted by Gasteiger charge is 2.65. The van der Waals surface area contributed by atoms with Crippen molar-refractivity contribution in [3.63, 3.8) is 0 Å². The Morgan fingerprint density at radius 2 is 1.39 bits per heavy atom. The molecule has 0 spiro atoms. The van der Waals surface area contributed by atoms with Gasteiger partial charge in [0, 0.05) is 0 Å². The SMILES string of the molecule is CCCC1=CCC(C)(C(=O)Oc2ccc3c(c2F)C(F)(F)C(F)(F)c2c-3ccc(OCC)c2F)C(F)=C1F.